The number of imidazole rings is 1. The Morgan fingerprint density at radius 1 is 1.21 bits per heavy atom. The van der Waals surface area contributed by atoms with Crippen molar-refractivity contribution in [3.05, 3.63) is 47.6 Å². The fourth-order valence-electron chi connectivity index (χ4n) is 2.00. The molecular formula is C15H14N6O2S. The van der Waals surface area contributed by atoms with Gasteiger partial charge in [0.05, 0.1) is 11.9 Å². The van der Waals surface area contributed by atoms with E-state index in [1.807, 2.05) is 17.7 Å². The minimum Gasteiger partial charge on any atom is -0.319 e. The highest BCUT2D eigenvalue weighted by molar-refractivity contribution is 7.14. The van der Waals surface area contributed by atoms with Crippen LogP contribution in [-0.2, 0) is 4.79 Å². The van der Waals surface area contributed by atoms with Crippen molar-refractivity contribution in [2.45, 2.75) is 13.8 Å². The predicted molar refractivity (Wildman–Crippen MR) is 90.5 cm³/mol. The lowest BCUT2D eigenvalue weighted by Gasteiger charge is -2.06. The van der Waals surface area contributed by atoms with E-state index in [1.54, 1.807) is 29.9 Å². The molecule has 0 bridgehead atoms. The van der Waals surface area contributed by atoms with E-state index in [0.717, 1.165) is 5.82 Å². The number of rotatable bonds is 4. The smallest absolute Gasteiger partial charge is 0.275 e. The van der Waals surface area contributed by atoms with Crippen LogP contribution in [-0.4, -0.2) is 31.3 Å². The van der Waals surface area contributed by atoms with Gasteiger partial charge in [-0.3, -0.25) is 14.2 Å². The first-order valence-corrected chi connectivity index (χ1v) is 7.92. The van der Waals surface area contributed by atoms with Crippen molar-refractivity contribution in [2.24, 2.45) is 0 Å². The molecule has 0 aliphatic rings. The first kappa shape index (κ1) is 15.8. The molecule has 122 valence electrons. The molecule has 24 heavy (non-hydrogen) atoms. The Labute approximate surface area is 141 Å². The van der Waals surface area contributed by atoms with Crippen LogP contribution in [0.2, 0.25) is 0 Å². The van der Waals surface area contributed by atoms with E-state index in [9.17, 15) is 9.59 Å². The number of amides is 2. The van der Waals surface area contributed by atoms with Gasteiger partial charge in [-0.2, -0.15) is 0 Å². The van der Waals surface area contributed by atoms with Gasteiger partial charge in [-0.15, -0.1) is 11.3 Å². The van der Waals surface area contributed by atoms with Crippen molar-refractivity contribution in [2.75, 3.05) is 10.6 Å². The fourth-order valence-corrected chi connectivity index (χ4v) is 2.74. The van der Waals surface area contributed by atoms with Crippen molar-refractivity contribution >= 4 is 34.0 Å². The summed E-state index contributed by atoms with van der Waals surface area (Å²) in [7, 11) is 0. The molecule has 3 aromatic rings. The molecule has 0 fully saturated rings. The molecule has 0 saturated carbocycles. The summed E-state index contributed by atoms with van der Waals surface area (Å²) in [5.41, 5.74) is 0.786. The second kappa shape index (κ2) is 6.59. The molecule has 0 aliphatic heterocycles. The maximum Gasteiger partial charge on any atom is 0.275 e. The van der Waals surface area contributed by atoms with E-state index in [4.69, 9.17) is 0 Å². The number of hydrogen-bond donors (Lipinski definition) is 2. The predicted octanol–water partition coefficient (Wildman–Crippen LogP) is 2.24. The summed E-state index contributed by atoms with van der Waals surface area (Å²) < 4.78 is 1.84. The Bertz CT molecular complexity index is 884. The molecule has 3 rings (SSSR count). The van der Waals surface area contributed by atoms with Crippen LogP contribution < -0.4 is 10.6 Å². The van der Waals surface area contributed by atoms with E-state index in [-0.39, 0.29) is 17.5 Å². The van der Waals surface area contributed by atoms with Gasteiger partial charge in [-0.25, -0.2) is 15.0 Å². The Balaban J connectivity index is 1.69. The summed E-state index contributed by atoms with van der Waals surface area (Å²) in [4.78, 5) is 35.6. The zero-order valence-electron chi connectivity index (χ0n) is 13.0. The Kier molecular flexibility index (Phi) is 4.34. The number of hydrogen-bond acceptors (Lipinski definition) is 6. The van der Waals surface area contributed by atoms with Gasteiger partial charge >= 0.3 is 0 Å². The first-order valence-electron chi connectivity index (χ1n) is 7.04. The summed E-state index contributed by atoms with van der Waals surface area (Å²) in [5.74, 6) is 0.943. The van der Waals surface area contributed by atoms with E-state index >= 15 is 0 Å². The van der Waals surface area contributed by atoms with Crippen molar-refractivity contribution in [3.63, 3.8) is 0 Å². The molecule has 0 aliphatic carbocycles. The zero-order chi connectivity index (χ0) is 17.1. The van der Waals surface area contributed by atoms with Gasteiger partial charge in [-0.05, 0) is 19.1 Å². The second-order valence-corrected chi connectivity index (χ2v) is 5.78. The Morgan fingerprint density at radius 2 is 2.04 bits per heavy atom. The molecule has 0 aromatic carbocycles. The van der Waals surface area contributed by atoms with Crippen LogP contribution in [0.3, 0.4) is 0 Å². The van der Waals surface area contributed by atoms with Gasteiger partial charge in [0.15, 0.2) is 5.13 Å². The number of thiazole rings is 1. The van der Waals surface area contributed by atoms with Crippen LogP contribution in [0.1, 0.15) is 23.2 Å². The third kappa shape index (κ3) is 3.46. The van der Waals surface area contributed by atoms with Crippen LogP contribution in [0.25, 0.3) is 5.82 Å². The summed E-state index contributed by atoms with van der Waals surface area (Å²) in [5, 5.41) is 7.22. The van der Waals surface area contributed by atoms with Crippen LogP contribution in [0.5, 0.6) is 0 Å². The number of carbonyl (C=O) groups excluding carboxylic acids is 2. The molecule has 2 N–H and O–H groups in total. The normalized spacial score (nSPS) is 10.4. The minimum atomic E-state index is -0.365. The highest BCUT2D eigenvalue weighted by Gasteiger charge is 2.12. The van der Waals surface area contributed by atoms with Crippen molar-refractivity contribution in [3.8, 4) is 5.82 Å². The highest BCUT2D eigenvalue weighted by atomic mass is 32.1. The SMILES string of the molecule is CC(=O)Nc1nc(C(=O)Nc2ccc(-n3ccnc3C)nc2)cs1. The fraction of sp³-hybridized carbons (Fsp3) is 0.133. The monoisotopic (exact) mass is 342 g/mol. The summed E-state index contributed by atoms with van der Waals surface area (Å²) in [6.07, 6.45) is 5.07. The van der Waals surface area contributed by atoms with Gasteiger partial charge in [0.2, 0.25) is 5.91 Å². The first-order chi connectivity index (χ1) is 11.5. The van der Waals surface area contributed by atoms with Crippen molar-refractivity contribution in [1.82, 2.24) is 19.5 Å². The maximum absolute atomic E-state index is 12.2. The standard InChI is InChI=1S/C15H14N6O2S/c1-9-16-5-6-21(9)13-4-3-11(7-17-13)19-14(23)12-8-24-15(20-12)18-10(2)22/h3-8H,1-2H3,(H,19,23)(H,18,20,22). The molecule has 3 heterocycles. The zero-order valence-corrected chi connectivity index (χ0v) is 13.8. The van der Waals surface area contributed by atoms with Crippen LogP contribution in [0.15, 0.2) is 36.1 Å². The minimum absolute atomic E-state index is 0.231. The van der Waals surface area contributed by atoms with Crippen LogP contribution in [0.4, 0.5) is 10.8 Å². The number of nitrogens with zero attached hydrogens (tertiary/aromatic N) is 4. The number of aromatic nitrogens is 4. The van der Waals surface area contributed by atoms with Gasteiger partial charge in [0, 0.05) is 24.7 Å². The Morgan fingerprint density at radius 3 is 2.67 bits per heavy atom. The van der Waals surface area contributed by atoms with Gasteiger partial charge in [0.25, 0.3) is 5.91 Å². The van der Waals surface area contributed by atoms with E-state index in [1.165, 1.54) is 18.3 Å². The molecule has 3 aromatic heterocycles. The topological polar surface area (TPSA) is 102 Å². The van der Waals surface area contributed by atoms with Gasteiger partial charge < -0.3 is 10.6 Å². The third-order valence-electron chi connectivity index (χ3n) is 3.10. The van der Waals surface area contributed by atoms with Gasteiger partial charge in [0.1, 0.15) is 17.3 Å². The molecule has 0 saturated heterocycles. The molecule has 2 amide bonds. The lowest BCUT2D eigenvalue weighted by molar-refractivity contribution is -0.114. The quantitative estimate of drug-likeness (QED) is 0.757. The average Bonchev–Trinajstić information content (AvgIpc) is 3.17. The van der Waals surface area contributed by atoms with E-state index in [2.05, 4.69) is 25.6 Å². The molecule has 8 nitrogen and oxygen atoms in total. The lowest BCUT2D eigenvalue weighted by Crippen LogP contribution is -2.13. The number of anilines is 2. The number of nitrogens with one attached hydrogen (secondary N) is 2. The molecule has 0 unspecified atom stereocenters. The molecule has 9 heteroatoms. The Hall–Kier alpha value is -3.07. The van der Waals surface area contributed by atoms with Crippen molar-refractivity contribution < 1.29 is 9.59 Å². The molecule has 0 radical (unpaired) electrons. The average molecular weight is 342 g/mol. The summed E-state index contributed by atoms with van der Waals surface area (Å²) in [6.45, 7) is 3.27. The number of pyridine rings is 1. The number of aryl methyl sites for hydroxylation is 1. The van der Waals surface area contributed by atoms with Gasteiger partial charge in [-0.1, -0.05) is 0 Å². The van der Waals surface area contributed by atoms with E-state index < -0.39 is 0 Å². The second-order valence-electron chi connectivity index (χ2n) is 4.92. The molecular weight excluding hydrogens is 328 g/mol. The number of carbonyl (C=O) groups is 2. The van der Waals surface area contributed by atoms with Crippen LogP contribution >= 0.6 is 11.3 Å². The lowest BCUT2D eigenvalue weighted by atomic mass is 10.3. The summed E-state index contributed by atoms with van der Waals surface area (Å²) >= 11 is 1.19. The van der Waals surface area contributed by atoms with Crippen LogP contribution in [0, 0.1) is 6.92 Å². The van der Waals surface area contributed by atoms with Crippen molar-refractivity contribution in [1.29, 1.82) is 0 Å². The molecule has 0 atom stereocenters. The maximum atomic E-state index is 12.2. The summed E-state index contributed by atoms with van der Waals surface area (Å²) in [6, 6.07) is 3.54. The largest absolute Gasteiger partial charge is 0.319 e. The van der Waals surface area contributed by atoms with E-state index in [0.29, 0.717) is 16.6 Å². The highest BCUT2D eigenvalue weighted by Crippen LogP contribution is 2.17. The molecule has 0 spiro atoms. The third-order valence-corrected chi connectivity index (χ3v) is 3.86.